The van der Waals surface area contributed by atoms with Crippen molar-refractivity contribution >= 4 is 31.5 Å². The topological polar surface area (TPSA) is 27.7 Å². The van der Waals surface area contributed by atoms with Gasteiger partial charge in [-0.1, -0.05) is 44.0 Å². The van der Waals surface area contributed by atoms with Crippen LogP contribution in [0.15, 0.2) is 12.1 Å². The van der Waals surface area contributed by atoms with E-state index in [9.17, 15) is 13.2 Å². The van der Waals surface area contributed by atoms with Gasteiger partial charge in [-0.25, -0.2) is 0 Å². The summed E-state index contributed by atoms with van der Waals surface area (Å²) in [5.74, 6) is -0.437. The van der Waals surface area contributed by atoms with Crippen LogP contribution in [0.5, 0.6) is 5.75 Å². The molecular formula is C22H35Cl2F3O3Si. The number of ether oxygens (including phenoxy) is 2. The number of rotatable bonds is 12. The summed E-state index contributed by atoms with van der Waals surface area (Å²) in [5.41, 5.74) is 0.327. The zero-order valence-corrected chi connectivity index (χ0v) is 21.8. The molecule has 0 saturated carbocycles. The Hall–Kier alpha value is -0.473. The molecule has 0 radical (unpaired) electrons. The van der Waals surface area contributed by atoms with E-state index >= 15 is 0 Å². The van der Waals surface area contributed by atoms with Crippen LogP contribution in [0.4, 0.5) is 13.2 Å². The molecule has 0 heterocycles. The smallest absolute Gasteiger partial charge is 0.410 e. The zero-order chi connectivity index (χ0) is 23.9. The minimum atomic E-state index is -4.81. The van der Waals surface area contributed by atoms with E-state index in [1.165, 1.54) is 0 Å². The van der Waals surface area contributed by atoms with Crippen molar-refractivity contribution in [2.75, 3.05) is 6.61 Å². The van der Waals surface area contributed by atoms with Crippen LogP contribution < -0.4 is 4.74 Å². The van der Waals surface area contributed by atoms with Gasteiger partial charge in [0.2, 0.25) is 0 Å². The lowest BCUT2D eigenvalue weighted by atomic mass is 10.0. The lowest BCUT2D eigenvalue weighted by molar-refractivity contribution is -0.274. The fraction of sp³-hybridized carbons (Fsp3) is 0.727. The largest absolute Gasteiger partial charge is 0.573 e. The average Bonchev–Trinajstić information content (AvgIpc) is 2.62. The Morgan fingerprint density at radius 2 is 1.45 bits per heavy atom. The monoisotopic (exact) mass is 502 g/mol. The Bertz CT molecular complexity index is 658. The Morgan fingerprint density at radius 1 is 0.935 bits per heavy atom. The van der Waals surface area contributed by atoms with Gasteiger partial charge in [0, 0.05) is 12.2 Å². The van der Waals surface area contributed by atoms with Crippen molar-refractivity contribution in [1.82, 2.24) is 0 Å². The summed E-state index contributed by atoms with van der Waals surface area (Å²) in [4.78, 5) is 0. The molecule has 0 aromatic heterocycles. The van der Waals surface area contributed by atoms with Crippen LogP contribution >= 0.6 is 23.2 Å². The van der Waals surface area contributed by atoms with Crippen molar-refractivity contribution < 1.29 is 27.1 Å². The van der Waals surface area contributed by atoms with Gasteiger partial charge in [0.05, 0.1) is 21.8 Å². The van der Waals surface area contributed by atoms with Crippen LogP contribution in [0.1, 0.15) is 72.5 Å². The fourth-order valence-electron chi connectivity index (χ4n) is 3.44. The summed E-state index contributed by atoms with van der Waals surface area (Å²) in [6.07, 6.45) is -2.90. The Morgan fingerprint density at radius 3 is 1.87 bits per heavy atom. The van der Waals surface area contributed by atoms with Crippen molar-refractivity contribution in [3.63, 3.8) is 0 Å². The first-order valence-electron chi connectivity index (χ1n) is 10.8. The third-order valence-electron chi connectivity index (χ3n) is 5.33. The Kier molecular flexibility index (Phi) is 11.2. The third kappa shape index (κ3) is 9.90. The van der Waals surface area contributed by atoms with Crippen molar-refractivity contribution in [2.45, 2.75) is 97.0 Å². The first-order chi connectivity index (χ1) is 14.3. The summed E-state index contributed by atoms with van der Waals surface area (Å²) < 4.78 is 54.3. The molecule has 1 aromatic carbocycles. The van der Waals surface area contributed by atoms with Gasteiger partial charge in [0.1, 0.15) is 5.75 Å². The molecule has 0 spiro atoms. The molecule has 0 amide bonds. The fourth-order valence-corrected chi connectivity index (χ4v) is 6.98. The summed E-state index contributed by atoms with van der Waals surface area (Å²) in [6.45, 7) is 13.0. The summed E-state index contributed by atoms with van der Waals surface area (Å²) in [7, 11) is -2.02. The maximum absolute atomic E-state index is 12.6. The highest BCUT2D eigenvalue weighted by Crippen LogP contribution is 2.42. The van der Waals surface area contributed by atoms with Crippen LogP contribution in [0.3, 0.4) is 0 Å². The van der Waals surface area contributed by atoms with Gasteiger partial charge in [-0.15, -0.1) is 13.2 Å². The van der Waals surface area contributed by atoms with Crippen LogP contribution in [0, 0.1) is 0 Å². The predicted molar refractivity (Wildman–Crippen MR) is 124 cm³/mol. The molecule has 0 aliphatic carbocycles. The molecule has 31 heavy (non-hydrogen) atoms. The van der Waals surface area contributed by atoms with Gasteiger partial charge >= 0.3 is 6.36 Å². The van der Waals surface area contributed by atoms with Gasteiger partial charge in [-0.3, -0.25) is 0 Å². The number of hydrogen-bond donors (Lipinski definition) is 0. The van der Waals surface area contributed by atoms with E-state index in [1.54, 1.807) is 0 Å². The van der Waals surface area contributed by atoms with Crippen LogP contribution in [-0.4, -0.2) is 26.9 Å². The number of halogens is 5. The molecule has 9 heteroatoms. The van der Waals surface area contributed by atoms with Crippen LogP contribution in [0.25, 0.3) is 0 Å². The lowest BCUT2D eigenvalue weighted by Crippen LogP contribution is -2.37. The van der Waals surface area contributed by atoms with E-state index in [2.05, 4.69) is 25.5 Å². The second kappa shape index (κ2) is 12.1. The molecule has 180 valence electrons. The Balaban J connectivity index is 3.12. The second-order valence-corrected chi connectivity index (χ2v) is 14.2. The maximum atomic E-state index is 12.6. The second-order valence-electron chi connectivity index (χ2n) is 8.66. The molecule has 1 unspecified atom stereocenters. The molecular weight excluding hydrogens is 468 g/mol. The molecule has 0 aliphatic rings. The molecule has 0 saturated heterocycles. The quantitative estimate of drug-likeness (QED) is 0.211. The van der Waals surface area contributed by atoms with Crippen LogP contribution in [0.2, 0.25) is 28.2 Å². The summed E-state index contributed by atoms with van der Waals surface area (Å²) in [5, 5.41) is 0.239. The zero-order valence-electron chi connectivity index (χ0n) is 19.3. The van der Waals surface area contributed by atoms with Crippen molar-refractivity contribution in [3.8, 4) is 5.75 Å². The first kappa shape index (κ1) is 28.6. The van der Waals surface area contributed by atoms with Crippen LogP contribution in [-0.2, 0) is 9.16 Å². The minimum absolute atomic E-state index is 0.119. The van der Waals surface area contributed by atoms with E-state index in [-0.39, 0.29) is 21.8 Å². The number of benzene rings is 1. The van der Waals surface area contributed by atoms with Crippen molar-refractivity contribution in [3.05, 3.63) is 27.7 Å². The van der Waals surface area contributed by atoms with E-state index in [4.69, 9.17) is 32.4 Å². The van der Waals surface area contributed by atoms with Crippen molar-refractivity contribution in [1.29, 1.82) is 0 Å². The molecule has 1 atom stereocenters. The molecule has 1 rings (SSSR count). The standard InChI is InChI=1S/C22H35Cl2F3O3Si/c1-7-31(8-2,9-3)30-19(12-10-11-13-28-21(4,5)6)20-17(23)14-16(15-18(20)24)29-22(25,26)27/h14-15,19H,7-13H2,1-6H3. The van der Waals surface area contributed by atoms with E-state index in [0.29, 0.717) is 18.6 Å². The number of alkyl halides is 3. The third-order valence-corrected chi connectivity index (χ3v) is 10.6. The number of hydrogen-bond acceptors (Lipinski definition) is 3. The average molecular weight is 504 g/mol. The summed E-state index contributed by atoms with van der Waals surface area (Å²) >= 11 is 12.8. The highest BCUT2D eigenvalue weighted by Gasteiger charge is 2.35. The SMILES string of the molecule is CC[Si](CC)(CC)OC(CCCCOC(C)(C)C)c1c(Cl)cc(OC(F)(F)F)cc1Cl. The molecule has 0 N–H and O–H groups in total. The van der Waals surface area contributed by atoms with Gasteiger partial charge in [-0.05, 0) is 70.3 Å². The molecule has 0 bridgehead atoms. The van der Waals surface area contributed by atoms with E-state index in [0.717, 1.165) is 43.1 Å². The highest BCUT2D eigenvalue weighted by atomic mass is 35.5. The van der Waals surface area contributed by atoms with Gasteiger partial charge < -0.3 is 13.9 Å². The molecule has 3 nitrogen and oxygen atoms in total. The molecule has 0 fully saturated rings. The lowest BCUT2D eigenvalue weighted by Gasteiger charge is -2.34. The number of unbranched alkanes of at least 4 members (excludes halogenated alkanes) is 1. The normalized spacial score (nSPS) is 14.0. The predicted octanol–water partition coefficient (Wildman–Crippen LogP) is 8.94. The highest BCUT2D eigenvalue weighted by molar-refractivity contribution is 6.73. The molecule has 0 aliphatic heterocycles. The van der Waals surface area contributed by atoms with Gasteiger partial charge in [0.25, 0.3) is 0 Å². The van der Waals surface area contributed by atoms with E-state index < -0.39 is 20.4 Å². The Labute approximate surface area is 195 Å². The first-order valence-corrected chi connectivity index (χ1v) is 14.1. The summed E-state index contributed by atoms with van der Waals surface area (Å²) in [6, 6.07) is 5.13. The minimum Gasteiger partial charge on any atom is -0.410 e. The maximum Gasteiger partial charge on any atom is 0.573 e. The molecule has 1 aromatic rings. The van der Waals surface area contributed by atoms with Gasteiger partial charge in [0.15, 0.2) is 8.32 Å². The van der Waals surface area contributed by atoms with Gasteiger partial charge in [-0.2, -0.15) is 0 Å². The van der Waals surface area contributed by atoms with E-state index in [1.807, 2.05) is 20.8 Å². The van der Waals surface area contributed by atoms with Crippen molar-refractivity contribution in [2.24, 2.45) is 0 Å².